The number of nitrogens with zero attached hydrogens (tertiary/aromatic N) is 1. The zero-order valence-corrected chi connectivity index (χ0v) is 29.3. The summed E-state index contributed by atoms with van der Waals surface area (Å²) in [6.07, 6.45) is 0.383. The van der Waals surface area contributed by atoms with Crippen molar-refractivity contribution >= 4 is 33.2 Å². The Hall–Kier alpha value is -4.39. The van der Waals surface area contributed by atoms with Crippen LogP contribution in [0.15, 0.2) is 77.7 Å². The number of sulfonamides is 1. The van der Waals surface area contributed by atoms with Gasteiger partial charge in [-0.3, -0.25) is 9.59 Å². The summed E-state index contributed by atoms with van der Waals surface area (Å²) in [5.41, 5.74) is 3.33. The highest BCUT2D eigenvalue weighted by Gasteiger charge is 2.34. The van der Waals surface area contributed by atoms with Crippen LogP contribution in [0.5, 0.6) is 17.2 Å². The monoisotopic (exact) mass is 692 g/mol. The number of hydrogen-bond acceptors (Lipinski definition) is 9. The SMILES string of the molecule is CC[C@@H]1CN(Cc2cc(C(CC(=O)OC)c3ccc(C(=O)NCc4ccc(OC)cc4OC)s3)ccc2C)S(=O)(=O)c2ccccc2O1. The minimum atomic E-state index is -3.85. The van der Waals surface area contributed by atoms with E-state index in [1.54, 1.807) is 56.7 Å². The van der Waals surface area contributed by atoms with E-state index in [0.29, 0.717) is 28.5 Å². The fourth-order valence-electron chi connectivity index (χ4n) is 5.63. The molecule has 0 aliphatic carbocycles. The van der Waals surface area contributed by atoms with E-state index in [1.807, 2.05) is 44.2 Å². The molecule has 1 aliphatic heterocycles. The molecule has 1 aromatic heterocycles. The molecule has 1 aliphatic rings. The zero-order chi connectivity index (χ0) is 34.4. The second-order valence-corrected chi connectivity index (χ2v) is 14.5. The number of esters is 1. The van der Waals surface area contributed by atoms with Gasteiger partial charge in [-0.05, 0) is 66.4 Å². The van der Waals surface area contributed by atoms with Gasteiger partial charge in [0.05, 0.1) is 39.2 Å². The summed E-state index contributed by atoms with van der Waals surface area (Å²) < 4.78 is 51.0. The number of carbonyl (C=O) groups is 2. The Bertz CT molecular complexity index is 1890. The number of benzene rings is 3. The smallest absolute Gasteiger partial charge is 0.306 e. The summed E-state index contributed by atoms with van der Waals surface area (Å²) >= 11 is 1.30. The third-order valence-corrected chi connectivity index (χ3v) is 11.5. The van der Waals surface area contributed by atoms with Crippen LogP contribution >= 0.6 is 11.3 Å². The first-order chi connectivity index (χ1) is 23.1. The minimum Gasteiger partial charge on any atom is -0.497 e. The van der Waals surface area contributed by atoms with E-state index in [-0.39, 0.29) is 43.0 Å². The molecule has 0 saturated carbocycles. The molecule has 12 heteroatoms. The maximum absolute atomic E-state index is 13.8. The number of rotatable bonds is 12. The Morgan fingerprint density at radius 3 is 2.52 bits per heavy atom. The third kappa shape index (κ3) is 7.67. The Morgan fingerprint density at radius 2 is 1.79 bits per heavy atom. The molecule has 10 nitrogen and oxygen atoms in total. The van der Waals surface area contributed by atoms with E-state index in [1.165, 1.54) is 22.8 Å². The highest BCUT2D eigenvalue weighted by Crippen LogP contribution is 2.37. The lowest BCUT2D eigenvalue weighted by atomic mass is 9.91. The Balaban J connectivity index is 1.41. The normalized spacial score (nSPS) is 16.1. The Labute approximate surface area is 285 Å². The topological polar surface area (TPSA) is 120 Å². The predicted octanol–water partition coefficient (Wildman–Crippen LogP) is 6.06. The fraction of sp³-hybridized carbons (Fsp3) is 0.333. The first kappa shape index (κ1) is 34.9. The summed E-state index contributed by atoms with van der Waals surface area (Å²) in [4.78, 5) is 27.3. The molecule has 2 heterocycles. The Kier molecular flexibility index (Phi) is 11.1. The molecule has 5 rings (SSSR count). The molecular weight excluding hydrogens is 653 g/mol. The molecule has 0 saturated heterocycles. The highest BCUT2D eigenvalue weighted by atomic mass is 32.2. The van der Waals surface area contributed by atoms with Crippen molar-refractivity contribution in [3.05, 3.63) is 105 Å². The molecule has 1 N–H and O–H groups in total. The molecule has 0 fully saturated rings. The average Bonchev–Trinajstić information content (AvgIpc) is 3.56. The van der Waals surface area contributed by atoms with Crippen LogP contribution in [0, 0.1) is 6.92 Å². The number of fused-ring (bicyclic) bond motifs is 1. The van der Waals surface area contributed by atoms with Crippen LogP contribution in [0.1, 0.15) is 62.5 Å². The van der Waals surface area contributed by atoms with Gasteiger partial charge in [0.25, 0.3) is 5.91 Å². The van der Waals surface area contributed by atoms with Gasteiger partial charge in [-0.25, -0.2) is 8.42 Å². The number of nitrogens with one attached hydrogen (secondary N) is 1. The number of thiophene rings is 1. The number of para-hydroxylation sites is 1. The molecule has 3 aromatic carbocycles. The molecule has 1 unspecified atom stereocenters. The van der Waals surface area contributed by atoms with Crippen molar-refractivity contribution in [3.8, 4) is 17.2 Å². The molecule has 0 radical (unpaired) electrons. The standard InChI is InChI=1S/C36H40N2O8S2/c1-6-27-22-38(48(41,42)34-10-8-7-9-30(34)46-27)21-26-17-24(12-11-23(26)2)29(19-35(39)45-5)32-15-16-33(47-32)36(40)37-20-25-13-14-28(43-3)18-31(25)44-4/h7-18,27,29H,6,19-22H2,1-5H3,(H,37,40)/t27-,29?/m1/s1. The highest BCUT2D eigenvalue weighted by molar-refractivity contribution is 7.89. The quantitative estimate of drug-likeness (QED) is 0.178. The van der Waals surface area contributed by atoms with E-state index in [4.69, 9.17) is 18.9 Å². The maximum Gasteiger partial charge on any atom is 0.306 e. The zero-order valence-electron chi connectivity index (χ0n) is 27.6. The van der Waals surface area contributed by atoms with Crippen LogP contribution in [0.4, 0.5) is 0 Å². The lowest BCUT2D eigenvalue weighted by Gasteiger charge is -2.24. The van der Waals surface area contributed by atoms with E-state index >= 15 is 0 Å². The van der Waals surface area contributed by atoms with Gasteiger partial charge in [-0.15, -0.1) is 11.3 Å². The first-order valence-electron chi connectivity index (χ1n) is 15.6. The van der Waals surface area contributed by atoms with Crippen LogP contribution in [-0.4, -0.2) is 58.6 Å². The maximum atomic E-state index is 13.8. The van der Waals surface area contributed by atoms with Crippen molar-refractivity contribution in [2.24, 2.45) is 0 Å². The summed E-state index contributed by atoms with van der Waals surface area (Å²) in [7, 11) is 0.631. The van der Waals surface area contributed by atoms with Crippen LogP contribution in [0.3, 0.4) is 0 Å². The summed E-state index contributed by atoms with van der Waals surface area (Å²) in [5, 5.41) is 2.95. The van der Waals surface area contributed by atoms with Gasteiger partial charge in [0.1, 0.15) is 28.2 Å². The lowest BCUT2D eigenvalue weighted by molar-refractivity contribution is -0.140. The van der Waals surface area contributed by atoms with Gasteiger partial charge < -0.3 is 24.3 Å². The number of methoxy groups -OCH3 is 3. The van der Waals surface area contributed by atoms with E-state index in [9.17, 15) is 18.0 Å². The van der Waals surface area contributed by atoms with Crippen molar-refractivity contribution in [3.63, 3.8) is 0 Å². The lowest BCUT2D eigenvalue weighted by Crippen LogP contribution is -2.36. The molecule has 4 aromatic rings. The van der Waals surface area contributed by atoms with Crippen molar-refractivity contribution in [1.29, 1.82) is 0 Å². The van der Waals surface area contributed by atoms with Crippen molar-refractivity contribution < 1.29 is 37.0 Å². The Morgan fingerprint density at radius 1 is 1.00 bits per heavy atom. The second kappa shape index (κ2) is 15.2. The third-order valence-electron chi connectivity index (χ3n) is 8.47. The van der Waals surface area contributed by atoms with Crippen molar-refractivity contribution in [2.45, 2.75) is 56.7 Å². The van der Waals surface area contributed by atoms with E-state index in [2.05, 4.69) is 5.32 Å². The summed E-state index contributed by atoms with van der Waals surface area (Å²) in [6, 6.07) is 21.5. The van der Waals surface area contributed by atoms with Crippen molar-refractivity contribution in [1.82, 2.24) is 9.62 Å². The molecular formula is C36H40N2O8S2. The molecule has 0 spiro atoms. The van der Waals surface area contributed by atoms with Gasteiger partial charge in [0.2, 0.25) is 10.0 Å². The van der Waals surface area contributed by atoms with E-state index in [0.717, 1.165) is 27.1 Å². The van der Waals surface area contributed by atoms with Crippen LogP contribution < -0.4 is 19.5 Å². The molecule has 2 atom stereocenters. The van der Waals surface area contributed by atoms with Crippen LogP contribution in [0.2, 0.25) is 0 Å². The van der Waals surface area contributed by atoms with Gasteiger partial charge >= 0.3 is 5.97 Å². The second-order valence-electron chi connectivity index (χ2n) is 11.5. The molecule has 0 bridgehead atoms. The average molecular weight is 693 g/mol. The fourth-order valence-corrected chi connectivity index (χ4v) is 8.25. The molecule has 254 valence electrons. The minimum absolute atomic E-state index is 0.0464. The number of amides is 1. The van der Waals surface area contributed by atoms with Gasteiger partial charge in [-0.2, -0.15) is 4.31 Å². The van der Waals surface area contributed by atoms with E-state index < -0.39 is 21.9 Å². The van der Waals surface area contributed by atoms with Crippen LogP contribution in [0.25, 0.3) is 0 Å². The van der Waals surface area contributed by atoms with Gasteiger partial charge in [0.15, 0.2) is 0 Å². The number of aryl methyl sites for hydroxylation is 1. The van der Waals surface area contributed by atoms with Crippen LogP contribution in [-0.2, 0) is 32.6 Å². The number of hydrogen-bond donors (Lipinski definition) is 1. The van der Waals surface area contributed by atoms with Gasteiger partial charge in [-0.1, -0.05) is 37.3 Å². The molecule has 1 amide bonds. The summed E-state index contributed by atoms with van der Waals surface area (Å²) in [6.45, 7) is 4.49. The predicted molar refractivity (Wildman–Crippen MR) is 183 cm³/mol. The van der Waals surface area contributed by atoms with Crippen molar-refractivity contribution in [2.75, 3.05) is 27.9 Å². The van der Waals surface area contributed by atoms with Gasteiger partial charge in [0, 0.05) is 35.5 Å². The first-order valence-corrected chi connectivity index (χ1v) is 17.8. The number of ether oxygens (including phenoxy) is 4. The number of carbonyl (C=O) groups excluding carboxylic acids is 2. The largest absolute Gasteiger partial charge is 0.497 e. The summed E-state index contributed by atoms with van der Waals surface area (Å²) in [5.74, 6) is 0.532. The molecule has 48 heavy (non-hydrogen) atoms.